The third kappa shape index (κ3) is 2.65. The molecule has 1 heterocycles. The number of rotatable bonds is 4. The quantitative estimate of drug-likeness (QED) is 0.927. The Labute approximate surface area is 119 Å². The summed E-state index contributed by atoms with van der Waals surface area (Å²) in [5, 5.41) is 3.23. The topological polar surface area (TPSA) is 46.9 Å². The lowest BCUT2D eigenvalue weighted by Gasteiger charge is -2.19. The molecule has 0 spiro atoms. The maximum Gasteiger partial charge on any atom is 0.256 e. The maximum atomic E-state index is 12.4. The second-order valence-electron chi connectivity index (χ2n) is 5.22. The Morgan fingerprint density at radius 2 is 1.85 bits per heavy atom. The molecule has 0 saturated carbocycles. The summed E-state index contributed by atoms with van der Waals surface area (Å²) in [6.45, 7) is 4.01. The van der Waals surface area contributed by atoms with E-state index in [0.717, 1.165) is 17.0 Å². The van der Waals surface area contributed by atoms with E-state index in [1.54, 1.807) is 17.8 Å². The van der Waals surface area contributed by atoms with Crippen molar-refractivity contribution in [1.82, 2.24) is 14.9 Å². The van der Waals surface area contributed by atoms with E-state index < -0.39 is 0 Å². The largest absolute Gasteiger partial charge is 0.307 e. The van der Waals surface area contributed by atoms with E-state index in [1.807, 2.05) is 51.2 Å². The molecule has 0 aliphatic heterocycles. The van der Waals surface area contributed by atoms with Crippen molar-refractivity contribution in [3.05, 3.63) is 63.8 Å². The van der Waals surface area contributed by atoms with Crippen molar-refractivity contribution < 1.29 is 0 Å². The monoisotopic (exact) mass is 271 g/mol. The lowest BCUT2D eigenvalue weighted by Crippen LogP contribution is -2.31. The highest BCUT2D eigenvalue weighted by molar-refractivity contribution is 5.26. The summed E-state index contributed by atoms with van der Waals surface area (Å²) in [6.07, 6.45) is 1.70. The van der Waals surface area contributed by atoms with Crippen molar-refractivity contribution in [2.24, 2.45) is 7.05 Å². The van der Waals surface area contributed by atoms with Crippen molar-refractivity contribution in [3.8, 4) is 0 Å². The predicted octanol–water partition coefficient (Wildman–Crippen LogP) is 2.21. The van der Waals surface area contributed by atoms with Crippen LogP contribution in [-0.4, -0.2) is 16.6 Å². The zero-order valence-corrected chi connectivity index (χ0v) is 12.4. The van der Waals surface area contributed by atoms with Crippen LogP contribution in [0.15, 0.2) is 41.3 Å². The number of benzene rings is 1. The maximum absolute atomic E-state index is 12.4. The van der Waals surface area contributed by atoms with Crippen molar-refractivity contribution in [2.45, 2.75) is 25.8 Å². The summed E-state index contributed by atoms with van der Waals surface area (Å²) in [7, 11) is 3.66. The highest BCUT2D eigenvalue weighted by Crippen LogP contribution is 2.19. The average Bonchev–Trinajstić information content (AvgIpc) is 2.45. The average molecular weight is 271 g/mol. The van der Waals surface area contributed by atoms with Crippen molar-refractivity contribution in [1.29, 1.82) is 0 Å². The molecule has 0 aliphatic carbocycles. The highest BCUT2D eigenvalue weighted by atomic mass is 16.1. The Morgan fingerprint density at radius 1 is 1.20 bits per heavy atom. The minimum Gasteiger partial charge on any atom is -0.307 e. The van der Waals surface area contributed by atoms with Gasteiger partial charge in [0.2, 0.25) is 0 Å². The Bertz CT molecular complexity index is 632. The normalized spacial score (nSPS) is 12.7. The van der Waals surface area contributed by atoms with E-state index in [1.165, 1.54) is 0 Å². The molecule has 20 heavy (non-hydrogen) atoms. The van der Waals surface area contributed by atoms with Gasteiger partial charge in [-0.3, -0.25) is 9.36 Å². The summed E-state index contributed by atoms with van der Waals surface area (Å²) in [5.41, 5.74) is 1.87. The van der Waals surface area contributed by atoms with E-state index in [0.29, 0.717) is 0 Å². The molecule has 2 aromatic rings. The second kappa shape index (κ2) is 6.01. The van der Waals surface area contributed by atoms with Crippen LogP contribution in [-0.2, 0) is 7.05 Å². The van der Waals surface area contributed by atoms with Crippen molar-refractivity contribution in [3.63, 3.8) is 0 Å². The number of nitrogens with one attached hydrogen (secondary N) is 1. The van der Waals surface area contributed by atoms with Gasteiger partial charge >= 0.3 is 0 Å². The third-order valence-corrected chi connectivity index (χ3v) is 3.53. The molecule has 0 fully saturated rings. The fourth-order valence-electron chi connectivity index (χ4n) is 2.33. The van der Waals surface area contributed by atoms with Gasteiger partial charge in [-0.2, -0.15) is 0 Å². The Morgan fingerprint density at radius 3 is 2.40 bits per heavy atom. The molecule has 106 valence electrons. The molecule has 1 N–H and O–H groups in total. The van der Waals surface area contributed by atoms with Crippen LogP contribution in [0, 0.1) is 0 Å². The van der Waals surface area contributed by atoms with Gasteiger partial charge in [0, 0.05) is 18.8 Å². The van der Waals surface area contributed by atoms with Crippen LogP contribution < -0.4 is 10.9 Å². The zero-order valence-electron chi connectivity index (χ0n) is 12.4. The van der Waals surface area contributed by atoms with Crippen LogP contribution in [0.1, 0.15) is 42.8 Å². The Balaban J connectivity index is 2.52. The molecule has 0 bridgehead atoms. The minimum absolute atomic E-state index is 0.0289. The molecule has 1 atom stereocenters. The summed E-state index contributed by atoms with van der Waals surface area (Å²) in [6, 6.07) is 9.92. The van der Waals surface area contributed by atoms with Crippen LogP contribution >= 0.6 is 0 Å². The SMILES string of the molecule is CN[C@@H](c1ccccc1)c1ncc(C(C)C)c(=O)n1C. The van der Waals surface area contributed by atoms with Crippen LogP contribution in [0.25, 0.3) is 0 Å². The second-order valence-corrected chi connectivity index (χ2v) is 5.22. The molecule has 4 nitrogen and oxygen atoms in total. The van der Waals surface area contributed by atoms with Gasteiger partial charge in [0.1, 0.15) is 5.82 Å². The van der Waals surface area contributed by atoms with Gasteiger partial charge in [0.15, 0.2) is 0 Å². The minimum atomic E-state index is -0.0879. The number of hydrogen-bond acceptors (Lipinski definition) is 3. The third-order valence-electron chi connectivity index (χ3n) is 3.53. The van der Waals surface area contributed by atoms with Gasteiger partial charge in [-0.1, -0.05) is 44.2 Å². The van der Waals surface area contributed by atoms with Gasteiger partial charge in [-0.15, -0.1) is 0 Å². The highest BCUT2D eigenvalue weighted by Gasteiger charge is 2.18. The molecule has 2 rings (SSSR count). The molecule has 0 unspecified atom stereocenters. The fraction of sp³-hybridized carbons (Fsp3) is 0.375. The van der Waals surface area contributed by atoms with Gasteiger partial charge in [0.05, 0.1) is 6.04 Å². The molecule has 0 radical (unpaired) electrons. The smallest absolute Gasteiger partial charge is 0.256 e. The van der Waals surface area contributed by atoms with Gasteiger partial charge < -0.3 is 5.32 Å². The predicted molar refractivity (Wildman–Crippen MR) is 80.9 cm³/mol. The van der Waals surface area contributed by atoms with Gasteiger partial charge in [-0.05, 0) is 18.5 Å². The first-order valence-corrected chi connectivity index (χ1v) is 6.84. The van der Waals surface area contributed by atoms with Crippen LogP contribution in [0.2, 0.25) is 0 Å². The van der Waals surface area contributed by atoms with Gasteiger partial charge in [0.25, 0.3) is 5.56 Å². The summed E-state index contributed by atoms with van der Waals surface area (Å²) in [5.74, 6) is 0.910. The molecular weight excluding hydrogens is 250 g/mol. The van der Waals surface area contributed by atoms with E-state index >= 15 is 0 Å². The summed E-state index contributed by atoms with van der Waals surface area (Å²) in [4.78, 5) is 16.9. The first-order chi connectivity index (χ1) is 9.56. The molecule has 1 aromatic carbocycles. The van der Waals surface area contributed by atoms with Crippen LogP contribution in [0.4, 0.5) is 0 Å². The fourth-order valence-corrected chi connectivity index (χ4v) is 2.33. The molecule has 0 amide bonds. The molecular formula is C16H21N3O. The lowest BCUT2D eigenvalue weighted by atomic mass is 10.0. The first kappa shape index (κ1) is 14.5. The Hall–Kier alpha value is -1.94. The standard InChI is InChI=1S/C16H21N3O/c1-11(2)13-10-18-15(19(4)16(13)20)14(17-3)12-8-6-5-7-9-12/h5-11,14,17H,1-4H3/t14-/m0/s1. The van der Waals surface area contributed by atoms with Crippen LogP contribution in [0.3, 0.4) is 0 Å². The van der Waals surface area contributed by atoms with Crippen LogP contribution in [0.5, 0.6) is 0 Å². The molecule has 0 saturated heterocycles. The number of nitrogens with zero attached hydrogens (tertiary/aromatic N) is 2. The first-order valence-electron chi connectivity index (χ1n) is 6.84. The zero-order chi connectivity index (χ0) is 14.7. The van der Waals surface area contributed by atoms with E-state index in [4.69, 9.17) is 0 Å². The van der Waals surface area contributed by atoms with Gasteiger partial charge in [-0.25, -0.2) is 4.98 Å². The lowest BCUT2D eigenvalue weighted by molar-refractivity contribution is 0.584. The van der Waals surface area contributed by atoms with E-state index in [2.05, 4.69) is 10.3 Å². The van der Waals surface area contributed by atoms with E-state index in [-0.39, 0.29) is 17.5 Å². The molecule has 1 aromatic heterocycles. The summed E-state index contributed by atoms with van der Waals surface area (Å²) < 4.78 is 1.64. The Kier molecular flexibility index (Phi) is 4.35. The molecule has 0 aliphatic rings. The van der Waals surface area contributed by atoms with Crippen molar-refractivity contribution in [2.75, 3.05) is 7.05 Å². The van der Waals surface area contributed by atoms with E-state index in [9.17, 15) is 4.79 Å². The van der Waals surface area contributed by atoms with Crippen molar-refractivity contribution >= 4 is 0 Å². The number of aromatic nitrogens is 2. The number of hydrogen-bond donors (Lipinski definition) is 1. The summed E-state index contributed by atoms with van der Waals surface area (Å²) >= 11 is 0. The molecule has 4 heteroatoms.